The van der Waals surface area contributed by atoms with Crippen molar-refractivity contribution in [1.82, 2.24) is 4.98 Å². The Morgan fingerprint density at radius 1 is 1.30 bits per heavy atom. The lowest BCUT2D eigenvalue weighted by Gasteiger charge is -2.20. The van der Waals surface area contributed by atoms with E-state index in [2.05, 4.69) is 15.0 Å². The zero-order valence-corrected chi connectivity index (χ0v) is 17.2. The molecule has 1 aromatic heterocycles. The number of anilines is 1. The highest BCUT2D eigenvalue weighted by Gasteiger charge is 2.28. The third kappa shape index (κ3) is 5.00. The second-order valence-corrected chi connectivity index (χ2v) is 8.30. The third-order valence-corrected chi connectivity index (χ3v) is 6.33. The van der Waals surface area contributed by atoms with E-state index >= 15 is 0 Å². The molecule has 1 atom stereocenters. The van der Waals surface area contributed by atoms with E-state index in [1.807, 2.05) is 6.07 Å². The summed E-state index contributed by atoms with van der Waals surface area (Å²) in [4.78, 5) is 28.7. The van der Waals surface area contributed by atoms with Crippen LogP contribution in [0.25, 0.3) is 0 Å². The molecule has 1 heterocycles. The molecule has 0 radical (unpaired) electrons. The molecule has 0 unspecified atom stereocenters. The Balaban J connectivity index is 1.80. The van der Waals surface area contributed by atoms with Gasteiger partial charge in [-0.05, 0) is 30.0 Å². The van der Waals surface area contributed by atoms with Crippen LogP contribution < -0.4 is 5.32 Å². The van der Waals surface area contributed by atoms with Gasteiger partial charge in [0.2, 0.25) is 5.91 Å². The summed E-state index contributed by atoms with van der Waals surface area (Å²) < 4.78 is 4.65. The number of halogens is 2. The molecule has 2 aromatic rings. The van der Waals surface area contributed by atoms with Crippen LogP contribution in [0, 0.1) is 5.92 Å². The number of amides is 1. The van der Waals surface area contributed by atoms with Crippen molar-refractivity contribution in [2.75, 3.05) is 12.4 Å². The first kappa shape index (κ1) is 20.1. The fourth-order valence-corrected chi connectivity index (χ4v) is 4.41. The lowest BCUT2D eigenvalue weighted by Crippen LogP contribution is -2.23. The number of benzene rings is 1. The molecule has 27 heavy (non-hydrogen) atoms. The van der Waals surface area contributed by atoms with E-state index < -0.39 is 5.97 Å². The first-order valence-electron chi connectivity index (χ1n) is 8.77. The summed E-state index contributed by atoms with van der Waals surface area (Å²) in [7, 11) is 1.29. The number of methoxy groups -OCH3 is 1. The van der Waals surface area contributed by atoms with Gasteiger partial charge in [-0.1, -0.05) is 55.0 Å². The van der Waals surface area contributed by atoms with Crippen LogP contribution in [0.15, 0.2) is 23.6 Å². The Morgan fingerprint density at radius 2 is 2.04 bits per heavy atom. The Bertz CT molecular complexity index is 834. The van der Waals surface area contributed by atoms with Gasteiger partial charge in [-0.25, -0.2) is 9.78 Å². The van der Waals surface area contributed by atoms with Crippen molar-refractivity contribution in [3.8, 4) is 0 Å². The topological polar surface area (TPSA) is 68.3 Å². The predicted molar refractivity (Wildman–Crippen MR) is 108 cm³/mol. The molecule has 0 aliphatic heterocycles. The van der Waals surface area contributed by atoms with Crippen LogP contribution in [0.4, 0.5) is 5.13 Å². The minimum Gasteiger partial charge on any atom is -0.464 e. The van der Waals surface area contributed by atoms with Crippen molar-refractivity contribution in [2.45, 2.75) is 38.0 Å². The normalized spacial score (nSPS) is 15.5. The van der Waals surface area contributed by atoms with E-state index in [0.29, 0.717) is 21.1 Å². The summed E-state index contributed by atoms with van der Waals surface area (Å²) in [6.45, 7) is 0. The quantitative estimate of drug-likeness (QED) is 0.615. The van der Waals surface area contributed by atoms with Gasteiger partial charge in [0.05, 0.1) is 23.1 Å². The SMILES string of the molecule is COC(=O)c1csc(NC(=O)[C@@H](CC2CCCC2)c2ccc(Cl)c(Cl)c2)n1. The van der Waals surface area contributed by atoms with Crippen LogP contribution in [0.2, 0.25) is 10.0 Å². The summed E-state index contributed by atoms with van der Waals surface area (Å²) in [5.74, 6) is -0.532. The molecule has 5 nitrogen and oxygen atoms in total. The molecule has 8 heteroatoms. The molecule has 1 fully saturated rings. The molecule has 0 spiro atoms. The molecule has 1 N–H and O–H groups in total. The first-order chi connectivity index (χ1) is 13.0. The largest absolute Gasteiger partial charge is 0.464 e. The lowest BCUT2D eigenvalue weighted by atomic mass is 9.87. The van der Waals surface area contributed by atoms with Crippen LogP contribution >= 0.6 is 34.5 Å². The lowest BCUT2D eigenvalue weighted by molar-refractivity contribution is -0.118. The number of carbonyl (C=O) groups is 2. The Morgan fingerprint density at radius 3 is 2.70 bits per heavy atom. The van der Waals surface area contributed by atoms with Gasteiger partial charge in [0.1, 0.15) is 0 Å². The molecule has 0 saturated heterocycles. The molecule has 3 rings (SSSR count). The molecule has 1 amide bonds. The van der Waals surface area contributed by atoms with Gasteiger partial charge in [0.15, 0.2) is 10.8 Å². The number of nitrogens with one attached hydrogen (secondary N) is 1. The molecule has 1 aliphatic carbocycles. The summed E-state index contributed by atoms with van der Waals surface area (Å²) in [6.07, 6.45) is 5.42. The monoisotopic (exact) mass is 426 g/mol. The zero-order valence-electron chi connectivity index (χ0n) is 14.8. The van der Waals surface area contributed by atoms with Gasteiger partial charge in [0.25, 0.3) is 0 Å². The maximum atomic E-state index is 13.0. The van der Waals surface area contributed by atoms with Gasteiger partial charge < -0.3 is 10.1 Å². The highest BCUT2D eigenvalue weighted by Crippen LogP contribution is 2.36. The smallest absolute Gasteiger partial charge is 0.357 e. The van der Waals surface area contributed by atoms with E-state index in [-0.39, 0.29) is 17.5 Å². The average Bonchev–Trinajstić information content (AvgIpc) is 3.33. The maximum Gasteiger partial charge on any atom is 0.357 e. The van der Waals surface area contributed by atoms with E-state index in [9.17, 15) is 9.59 Å². The number of hydrogen-bond donors (Lipinski definition) is 1. The van der Waals surface area contributed by atoms with Gasteiger partial charge >= 0.3 is 5.97 Å². The number of esters is 1. The number of rotatable bonds is 6. The van der Waals surface area contributed by atoms with E-state index in [1.165, 1.54) is 31.3 Å². The summed E-state index contributed by atoms with van der Waals surface area (Å²) in [5.41, 5.74) is 1.01. The maximum absolute atomic E-state index is 13.0. The van der Waals surface area contributed by atoms with Gasteiger partial charge in [0, 0.05) is 5.38 Å². The molecular formula is C19H20Cl2N2O3S. The van der Waals surface area contributed by atoms with E-state index in [4.69, 9.17) is 23.2 Å². The molecule has 1 aromatic carbocycles. The van der Waals surface area contributed by atoms with Gasteiger partial charge in [-0.3, -0.25) is 4.79 Å². The number of thiazole rings is 1. The Hall–Kier alpha value is -1.63. The van der Waals surface area contributed by atoms with Gasteiger partial charge in [-0.2, -0.15) is 0 Å². The summed E-state index contributed by atoms with van der Waals surface area (Å²) >= 11 is 13.4. The van der Waals surface area contributed by atoms with Crippen molar-refractivity contribution in [2.24, 2.45) is 5.92 Å². The van der Waals surface area contributed by atoms with Gasteiger partial charge in [-0.15, -0.1) is 11.3 Å². The standard InChI is InChI=1S/C19H20Cl2N2O3S/c1-26-18(25)16-10-27-19(22-16)23-17(24)13(8-11-4-2-3-5-11)12-6-7-14(20)15(21)9-12/h6-7,9-11,13H,2-5,8H2,1H3,(H,22,23,24)/t13-/m0/s1. The molecule has 1 aliphatic rings. The fraction of sp³-hybridized carbons (Fsp3) is 0.421. The van der Waals surface area contributed by atoms with Crippen LogP contribution in [-0.4, -0.2) is 24.0 Å². The summed E-state index contributed by atoms with van der Waals surface area (Å²) in [6, 6.07) is 5.31. The molecule has 144 valence electrons. The number of ether oxygens (including phenoxy) is 1. The highest BCUT2D eigenvalue weighted by atomic mass is 35.5. The second-order valence-electron chi connectivity index (χ2n) is 6.63. The van der Waals surface area contributed by atoms with E-state index in [0.717, 1.165) is 24.8 Å². The van der Waals surface area contributed by atoms with E-state index in [1.54, 1.807) is 17.5 Å². The Kier molecular flexibility index (Phi) is 6.73. The minimum absolute atomic E-state index is 0.161. The van der Waals surface area contributed by atoms with Crippen LogP contribution in [0.1, 0.15) is 54.1 Å². The molecular weight excluding hydrogens is 407 g/mol. The van der Waals surface area contributed by atoms with Crippen LogP contribution in [-0.2, 0) is 9.53 Å². The minimum atomic E-state index is -0.529. The molecule has 1 saturated carbocycles. The van der Waals surface area contributed by atoms with Crippen LogP contribution in [0.3, 0.4) is 0 Å². The highest BCUT2D eigenvalue weighted by molar-refractivity contribution is 7.14. The molecule has 0 bridgehead atoms. The number of carbonyl (C=O) groups excluding carboxylic acids is 2. The van der Waals surface area contributed by atoms with Crippen molar-refractivity contribution in [3.05, 3.63) is 44.9 Å². The number of hydrogen-bond acceptors (Lipinski definition) is 5. The van der Waals surface area contributed by atoms with Crippen molar-refractivity contribution < 1.29 is 14.3 Å². The number of nitrogens with zero attached hydrogens (tertiary/aromatic N) is 1. The zero-order chi connectivity index (χ0) is 19.4. The summed E-state index contributed by atoms with van der Waals surface area (Å²) in [5, 5.41) is 5.66. The van der Waals surface area contributed by atoms with Crippen molar-refractivity contribution >= 4 is 51.5 Å². The first-order valence-corrected chi connectivity index (χ1v) is 10.4. The third-order valence-electron chi connectivity index (χ3n) is 4.84. The average molecular weight is 427 g/mol. The van der Waals surface area contributed by atoms with Crippen molar-refractivity contribution in [3.63, 3.8) is 0 Å². The van der Waals surface area contributed by atoms with Crippen molar-refractivity contribution in [1.29, 1.82) is 0 Å². The predicted octanol–water partition coefficient (Wildman–Crippen LogP) is 5.54. The number of aromatic nitrogens is 1. The fourth-order valence-electron chi connectivity index (χ4n) is 3.43. The van der Waals surface area contributed by atoms with Crippen LogP contribution in [0.5, 0.6) is 0 Å². The Labute approximate surface area is 172 Å². The second kappa shape index (κ2) is 9.04.